The molecule has 0 bridgehead atoms. The number of carbonyl (C=O) groups is 1. The van der Waals surface area contributed by atoms with Crippen LogP contribution in [0.2, 0.25) is 0 Å². The first-order valence-corrected chi connectivity index (χ1v) is 7.65. The van der Waals surface area contributed by atoms with Crippen LogP contribution in [0.5, 0.6) is 0 Å². The third kappa shape index (κ3) is 2.95. The summed E-state index contributed by atoms with van der Waals surface area (Å²) >= 11 is 0. The van der Waals surface area contributed by atoms with Crippen LogP contribution in [0.3, 0.4) is 0 Å². The minimum Gasteiger partial charge on any atom is -0.462 e. The molecule has 3 rings (SSSR count). The maximum Gasteiger partial charge on any atom is 0.341 e. The second kappa shape index (κ2) is 6.60. The molecule has 0 amide bonds. The molecule has 0 aliphatic carbocycles. The summed E-state index contributed by atoms with van der Waals surface area (Å²) in [6, 6.07) is 5.91. The lowest BCUT2D eigenvalue weighted by molar-refractivity contribution is 0.0526. The van der Waals surface area contributed by atoms with E-state index in [1.54, 1.807) is 18.3 Å². The van der Waals surface area contributed by atoms with Gasteiger partial charge in [0.15, 0.2) is 0 Å². The van der Waals surface area contributed by atoms with Gasteiger partial charge in [0, 0.05) is 31.7 Å². The Morgan fingerprint density at radius 3 is 2.82 bits per heavy atom. The fraction of sp³-hybridized carbons (Fsp3) is 0.438. The number of piperidine rings is 1. The molecule has 0 saturated carbocycles. The number of hydrogen-bond donors (Lipinski definition) is 0. The maximum atomic E-state index is 12.1. The van der Waals surface area contributed by atoms with E-state index in [-0.39, 0.29) is 5.97 Å². The van der Waals surface area contributed by atoms with Gasteiger partial charge in [-0.05, 0) is 38.0 Å². The molecule has 0 unspecified atom stereocenters. The molecule has 3 heterocycles. The number of hydrogen-bond acceptors (Lipinski definition) is 5. The van der Waals surface area contributed by atoms with Crippen LogP contribution >= 0.6 is 0 Å². The summed E-state index contributed by atoms with van der Waals surface area (Å²) in [4.78, 5) is 18.6. The molecule has 0 radical (unpaired) electrons. The molecule has 6 heteroatoms. The number of ether oxygens (including phenoxy) is 1. The van der Waals surface area contributed by atoms with E-state index in [1.165, 1.54) is 0 Å². The summed E-state index contributed by atoms with van der Waals surface area (Å²) in [5, 5.41) is 4.32. The highest BCUT2D eigenvalue weighted by Crippen LogP contribution is 2.27. The SMILES string of the molecule is CCOC(=O)c1cccnc1N1CCC(n2cccn2)CC1. The van der Waals surface area contributed by atoms with E-state index in [4.69, 9.17) is 4.74 Å². The number of anilines is 1. The molecular formula is C16H20N4O2. The molecule has 0 spiro atoms. The lowest BCUT2D eigenvalue weighted by Crippen LogP contribution is -2.36. The highest BCUT2D eigenvalue weighted by Gasteiger charge is 2.25. The number of nitrogens with zero attached hydrogens (tertiary/aromatic N) is 4. The third-order valence-corrected chi connectivity index (χ3v) is 3.95. The summed E-state index contributed by atoms with van der Waals surface area (Å²) in [6.45, 7) is 3.89. The quantitative estimate of drug-likeness (QED) is 0.811. The van der Waals surface area contributed by atoms with Crippen molar-refractivity contribution >= 4 is 11.8 Å². The average molecular weight is 300 g/mol. The van der Waals surface area contributed by atoms with Crippen molar-refractivity contribution in [3.63, 3.8) is 0 Å². The average Bonchev–Trinajstić information content (AvgIpc) is 3.10. The molecule has 2 aromatic rings. The van der Waals surface area contributed by atoms with Crippen molar-refractivity contribution in [2.45, 2.75) is 25.8 Å². The Hall–Kier alpha value is -2.37. The lowest BCUT2D eigenvalue weighted by atomic mass is 10.0. The van der Waals surface area contributed by atoms with Gasteiger partial charge in [-0.3, -0.25) is 4.68 Å². The van der Waals surface area contributed by atoms with Gasteiger partial charge in [0.25, 0.3) is 0 Å². The Morgan fingerprint density at radius 1 is 1.32 bits per heavy atom. The largest absolute Gasteiger partial charge is 0.462 e. The molecule has 1 aliphatic heterocycles. The molecular weight excluding hydrogens is 280 g/mol. The molecule has 0 atom stereocenters. The normalized spacial score (nSPS) is 15.8. The third-order valence-electron chi connectivity index (χ3n) is 3.95. The summed E-state index contributed by atoms with van der Waals surface area (Å²) in [5.74, 6) is 0.416. The van der Waals surface area contributed by atoms with E-state index in [0.717, 1.165) is 31.7 Å². The smallest absolute Gasteiger partial charge is 0.341 e. The van der Waals surface area contributed by atoms with Crippen molar-refractivity contribution in [2.75, 3.05) is 24.6 Å². The van der Waals surface area contributed by atoms with Crippen LogP contribution in [0.15, 0.2) is 36.8 Å². The lowest BCUT2D eigenvalue weighted by Gasteiger charge is -2.33. The Morgan fingerprint density at radius 2 is 2.14 bits per heavy atom. The van der Waals surface area contributed by atoms with Crippen molar-refractivity contribution in [2.24, 2.45) is 0 Å². The van der Waals surface area contributed by atoms with Crippen molar-refractivity contribution in [1.29, 1.82) is 0 Å². The number of rotatable bonds is 4. The topological polar surface area (TPSA) is 60.2 Å². The molecule has 1 aliphatic rings. The maximum absolute atomic E-state index is 12.1. The van der Waals surface area contributed by atoms with Crippen LogP contribution in [0, 0.1) is 0 Å². The summed E-state index contributed by atoms with van der Waals surface area (Å²) in [7, 11) is 0. The summed E-state index contributed by atoms with van der Waals surface area (Å²) in [5.41, 5.74) is 0.543. The van der Waals surface area contributed by atoms with Crippen molar-refractivity contribution in [3.8, 4) is 0 Å². The second-order valence-corrected chi connectivity index (χ2v) is 5.30. The number of esters is 1. The Kier molecular flexibility index (Phi) is 4.37. The molecule has 116 valence electrons. The van der Waals surface area contributed by atoms with Gasteiger partial charge in [0.2, 0.25) is 0 Å². The molecule has 0 aromatic carbocycles. The molecule has 1 saturated heterocycles. The predicted molar refractivity (Wildman–Crippen MR) is 82.9 cm³/mol. The fourth-order valence-electron chi connectivity index (χ4n) is 2.86. The minimum absolute atomic E-state index is 0.306. The van der Waals surface area contributed by atoms with Crippen molar-refractivity contribution in [1.82, 2.24) is 14.8 Å². The van der Waals surface area contributed by atoms with Gasteiger partial charge in [0.05, 0.1) is 12.6 Å². The Labute approximate surface area is 129 Å². The molecule has 6 nitrogen and oxygen atoms in total. The van der Waals surface area contributed by atoms with E-state index in [1.807, 2.05) is 30.1 Å². The molecule has 1 fully saturated rings. The number of aromatic nitrogens is 3. The van der Waals surface area contributed by atoms with Crippen LogP contribution in [0.1, 0.15) is 36.2 Å². The Bertz CT molecular complexity index is 619. The first-order chi connectivity index (χ1) is 10.8. The van der Waals surface area contributed by atoms with Gasteiger partial charge < -0.3 is 9.64 Å². The van der Waals surface area contributed by atoms with Gasteiger partial charge in [-0.1, -0.05) is 0 Å². The van der Waals surface area contributed by atoms with E-state index in [9.17, 15) is 4.79 Å². The summed E-state index contributed by atoms with van der Waals surface area (Å²) < 4.78 is 7.14. The second-order valence-electron chi connectivity index (χ2n) is 5.30. The van der Waals surface area contributed by atoms with Crippen LogP contribution in [-0.4, -0.2) is 40.4 Å². The Balaban J connectivity index is 1.72. The number of pyridine rings is 1. The first-order valence-electron chi connectivity index (χ1n) is 7.65. The van der Waals surface area contributed by atoms with Gasteiger partial charge >= 0.3 is 5.97 Å². The van der Waals surface area contributed by atoms with Crippen LogP contribution < -0.4 is 4.90 Å². The zero-order valence-electron chi connectivity index (χ0n) is 12.7. The van der Waals surface area contributed by atoms with E-state index < -0.39 is 0 Å². The van der Waals surface area contributed by atoms with Crippen LogP contribution in [0.4, 0.5) is 5.82 Å². The van der Waals surface area contributed by atoms with Crippen LogP contribution in [0.25, 0.3) is 0 Å². The van der Waals surface area contributed by atoms with E-state index in [2.05, 4.69) is 15.0 Å². The van der Waals surface area contributed by atoms with Crippen LogP contribution in [-0.2, 0) is 4.74 Å². The molecule has 2 aromatic heterocycles. The molecule has 0 N–H and O–H groups in total. The van der Waals surface area contributed by atoms with Crippen molar-refractivity contribution < 1.29 is 9.53 Å². The van der Waals surface area contributed by atoms with Gasteiger partial charge in [-0.2, -0.15) is 5.10 Å². The highest BCUT2D eigenvalue weighted by molar-refractivity contribution is 5.94. The zero-order chi connectivity index (χ0) is 15.4. The standard InChI is InChI=1S/C16H20N4O2/c1-2-22-16(21)14-5-3-8-17-15(14)19-11-6-13(7-12-19)20-10-4-9-18-20/h3-5,8-10,13H,2,6-7,11-12H2,1H3. The zero-order valence-corrected chi connectivity index (χ0v) is 12.7. The predicted octanol–water partition coefficient (Wildman–Crippen LogP) is 2.30. The van der Waals surface area contributed by atoms with Gasteiger partial charge in [-0.25, -0.2) is 9.78 Å². The minimum atomic E-state index is -0.306. The highest BCUT2D eigenvalue weighted by atomic mass is 16.5. The van der Waals surface area contributed by atoms with Crippen molar-refractivity contribution in [3.05, 3.63) is 42.4 Å². The van der Waals surface area contributed by atoms with E-state index in [0.29, 0.717) is 18.2 Å². The summed E-state index contributed by atoms with van der Waals surface area (Å²) in [6.07, 6.45) is 7.51. The number of carbonyl (C=O) groups excluding carboxylic acids is 1. The van der Waals surface area contributed by atoms with E-state index >= 15 is 0 Å². The fourth-order valence-corrected chi connectivity index (χ4v) is 2.86. The monoisotopic (exact) mass is 300 g/mol. The van der Waals surface area contributed by atoms with Gasteiger partial charge in [-0.15, -0.1) is 0 Å². The first kappa shape index (κ1) is 14.6. The molecule has 22 heavy (non-hydrogen) atoms. The van der Waals surface area contributed by atoms with Gasteiger partial charge in [0.1, 0.15) is 11.4 Å².